The molecule has 2 aliphatic rings. The Morgan fingerprint density at radius 3 is 2.83 bits per heavy atom. The van der Waals surface area contributed by atoms with Crippen molar-refractivity contribution < 1.29 is 4.79 Å². The fraction of sp³-hybridized carbons (Fsp3) is 0.368. The van der Waals surface area contributed by atoms with E-state index in [9.17, 15) is 4.79 Å². The average Bonchev–Trinajstić information content (AvgIpc) is 2.63. The van der Waals surface area contributed by atoms with Crippen LogP contribution in [0, 0.1) is 0 Å². The fourth-order valence-corrected chi connectivity index (χ4v) is 3.66. The molecule has 2 aromatic rings. The number of nitrogens with zero attached hydrogens (tertiary/aromatic N) is 3. The topological polar surface area (TPSA) is 48.5 Å². The van der Waals surface area contributed by atoms with Crippen molar-refractivity contribution in [1.29, 1.82) is 0 Å². The second-order valence-electron chi connectivity index (χ2n) is 6.48. The fourth-order valence-electron chi connectivity index (χ4n) is 3.66. The third-order valence-electron chi connectivity index (χ3n) is 4.93. The molecular formula is C19H22N4O. The maximum atomic E-state index is 12.4. The van der Waals surface area contributed by atoms with E-state index in [2.05, 4.69) is 38.3 Å². The average molecular weight is 322 g/mol. The Hall–Kier alpha value is -2.40. The first-order valence-corrected chi connectivity index (χ1v) is 8.59. The number of carbonyl (C=O) groups is 1. The molecule has 0 saturated carbocycles. The number of fused-ring (bicyclic) bond motifs is 3. The molecule has 5 nitrogen and oxygen atoms in total. The minimum Gasteiger partial charge on any atom is -0.355 e. The van der Waals surface area contributed by atoms with Gasteiger partial charge < -0.3 is 10.2 Å². The number of nitrogens with one attached hydrogen (secondary N) is 1. The van der Waals surface area contributed by atoms with E-state index in [1.54, 1.807) is 0 Å². The molecule has 1 N–H and O–H groups in total. The van der Waals surface area contributed by atoms with Crippen LogP contribution in [0.15, 0.2) is 48.8 Å². The van der Waals surface area contributed by atoms with Crippen molar-refractivity contribution in [2.24, 2.45) is 0 Å². The molecule has 24 heavy (non-hydrogen) atoms. The molecule has 1 aromatic carbocycles. The molecule has 1 fully saturated rings. The van der Waals surface area contributed by atoms with Gasteiger partial charge in [-0.1, -0.05) is 12.1 Å². The van der Waals surface area contributed by atoms with Gasteiger partial charge in [-0.25, -0.2) is 0 Å². The van der Waals surface area contributed by atoms with E-state index in [-0.39, 0.29) is 11.9 Å². The molecule has 4 rings (SSSR count). The van der Waals surface area contributed by atoms with E-state index >= 15 is 0 Å². The van der Waals surface area contributed by atoms with Crippen LogP contribution in [-0.2, 0) is 11.2 Å². The van der Waals surface area contributed by atoms with E-state index in [0.29, 0.717) is 0 Å². The summed E-state index contributed by atoms with van der Waals surface area (Å²) in [6.45, 7) is 3.75. The summed E-state index contributed by atoms with van der Waals surface area (Å²) in [7, 11) is 0. The van der Waals surface area contributed by atoms with Gasteiger partial charge in [0.15, 0.2) is 0 Å². The Bertz CT molecular complexity index is 718. The normalized spacial score (nSPS) is 20.2. The minimum atomic E-state index is -0.0745. The number of rotatable bonds is 4. The van der Waals surface area contributed by atoms with Gasteiger partial charge in [0, 0.05) is 32.0 Å². The van der Waals surface area contributed by atoms with Crippen LogP contribution >= 0.6 is 0 Å². The van der Waals surface area contributed by atoms with Crippen molar-refractivity contribution in [3.05, 3.63) is 54.4 Å². The Morgan fingerprint density at radius 2 is 1.96 bits per heavy atom. The Balaban J connectivity index is 1.37. The number of para-hydroxylation sites is 2. The lowest BCUT2D eigenvalue weighted by Gasteiger charge is -2.45. The lowest BCUT2D eigenvalue weighted by atomic mass is 10.0. The first kappa shape index (κ1) is 15.1. The molecule has 0 aliphatic carbocycles. The maximum Gasteiger partial charge on any atom is 0.248 e. The van der Waals surface area contributed by atoms with Crippen LogP contribution in [0.1, 0.15) is 12.0 Å². The molecule has 5 heteroatoms. The van der Waals surface area contributed by atoms with Gasteiger partial charge in [-0.2, -0.15) is 0 Å². The van der Waals surface area contributed by atoms with Crippen molar-refractivity contribution in [3.63, 3.8) is 0 Å². The molecule has 2 aliphatic heterocycles. The van der Waals surface area contributed by atoms with Crippen molar-refractivity contribution >= 4 is 17.3 Å². The summed E-state index contributed by atoms with van der Waals surface area (Å²) < 4.78 is 0. The highest BCUT2D eigenvalue weighted by molar-refractivity contribution is 6.03. The summed E-state index contributed by atoms with van der Waals surface area (Å²) in [5, 5.41) is 3.05. The number of hydrogen-bond donors (Lipinski definition) is 1. The predicted octanol–water partition coefficient (Wildman–Crippen LogP) is 2.16. The van der Waals surface area contributed by atoms with E-state index in [1.165, 1.54) is 5.56 Å². The number of benzene rings is 1. The monoisotopic (exact) mass is 322 g/mol. The summed E-state index contributed by atoms with van der Waals surface area (Å²) in [6.07, 6.45) is 5.85. The van der Waals surface area contributed by atoms with E-state index in [4.69, 9.17) is 0 Å². The maximum absolute atomic E-state index is 12.4. The summed E-state index contributed by atoms with van der Waals surface area (Å²) in [5.41, 5.74) is 3.41. The quantitative estimate of drug-likeness (QED) is 0.937. The van der Waals surface area contributed by atoms with Gasteiger partial charge in [0.2, 0.25) is 5.91 Å². The van der Waals surface area contributed by atoms with Crippen LogP contribution in [0.25, 0.3) is 0 Å². The third kappa shape index (κ3) is 2.99. The number of pyridine rings is 1. The summed E-state index contributed by atoms with van der Waals surface area (Å²) in [5.74, 6) is 0.118. The molecule has 0 bridgehead atoms. The van der Waals surface area contributed by atoms with Gasteiger partial charge in [0.25, 0.3) is 0 Å². The molecule has 3 heterocycles. The summed E-state index contributed by atoms with van der Waals surface area (Å²) >= 11 is 0. The zero-order valence-corrected chi connectivity index (χ0v) is 13.7. The van der Waals surface area contributed by atoms with E-state index < -0.39 is 0 Å². The van der Waals surface area contributed by atoms with Crippen molar-refractivity contribution in [2.75, 3.05) is 36.4 Å². The van der Waals surface area contributed by atoms with Crippen LogP contribution in [0.3, 0.4) is 0 Å². The molecule has 1 aromatic heterocycles. The first-order valence-electron chi connectivity index (χ1n) is 8.59. The van der Waals surface area contributed by atoms with Crippen LogP contribution in [0.4, 0.5) is 11.4 Å². The molecule has 124 valence electrons. The highest BCUT2D eigenvalue weighted by atomic mass is 16.2. The molecule has 0 radical (unpaired) electrons. The first-order chi connectivity index (χ1) is 11.8. The van der Waals surface area contributed by atoms with Gasteiger partial charge in [-0.3, -0.25) is 14.7 Å². The highest BCUT2D eigenvalue weighted by Gasteiger charge is 2.36. The molecular weight excluding hydrogens is 300 g/mol. The van der Waals surface area contributed by atoms with Crippen LogP contribution < -0.4 is 10.2 Å². The molecule has 1 atom stereocenters. The number of piperazine rings is 1. The predicted molar refractivity (Wildman–Crippen MR) is 95.2 cm³/mol. The molecule has 1 saturated heterocycles. The zero-order valence-electron chi connectivity index (χ0n) is 13.7. The van der Waals surface area contributed by atoms with E-state index in [0.717, 1.165) is 50.4 Å². The second kappa shape index (κ2) is 6.61. The van der Waals surface area contributed by atoms with Crippen molar-refractivity contribution in [2.45, 2.75) is 18.9 Å². The van der Waals surface area contributed by atoms with Crippen LogP contribution in [0.5, 0.6) is 0 Å². The number of aryl methyl sites for hydroxylation is 1. The van der Waals surface area contributed by atoms with Crippen molar-refractivity contribution in [3.8, 4) is 0 Å². The lowest BCUT2D eigenvalue weighted by Crippen LogP contribution is -2.60. The van der Waals surface area contributed by atoms with Gasteiger partial charge in [-0.05, 0) is 49.2 Å². The molecule has 0 spiro atoms. The lowest BCUT2D eigenvalue weighted by molar-refractivity contribution is -0.118. The van der Waals surface area contributed by atoms with Gasteiger partial charge >= 0.3 is 0 Å². The van der Waals surface area contributed by atoms with Gasteiger partial charge in [0.05, 0.1) is 11.4 Å². The zero-order chi connectivity index (χ0) is 16.4. The minimum absolute atomic E-state index is 0.0745. The third-order valence-corrected chi connectivity index (χ3v) is 4.93. The number of carbonyl (C=O) groups excluding carboxylic acids is 1. The van der Waals surface area contributed by atoms with Gasteiger partial charge in [-0.15, -0.1) is 0 Å². The second-order valence-corrected chi connectivity index (χ2v) is 6.48. The largest absolute Gasteiger partial charge is 0.355 e. The van der Waals surface area contributed by atoms with Crippen LogP contribution in [-0.4, -0.2) is 48.0 Å². The van der Waals surface area contributed by atoms with E-state index in [1.807, 2.05) is 30.6 Å². The summed E-state index contributed by atoms with van der Waals surface area (Å²) in [6, 6.07) is 12.1. The number of aromatic nitrogens is 1. The van der Waals surface area contributed by atoms with Crippen molar-refractivity contribution in [1.82, 2.24) is 9.88 Å². The number of hydrogen-bond acceptors (Lipinski definition) is 4. The summed E-state index contributed by atoms with van der Waals surface area (Å²) in [4.78, 5) is 21.2. The number of anilines is 2. The standard InChI is InChI=1S/C19H22N4O/c24-19-18-14-22(11-3-4-15-7-9-20-10-8-15)12-13-23(18)17-6-2-1-5-16(17)21-19/h1-2,5-10,18H,3-4,11-14H2,(H,21,24). The highest BCUT2D eigenvalue weighted by Crippen LogP contribution is 2.33. The van der Waals surface area contributed by atoms with Crippen LogP contribution in [0.2, 0.25) is 0 Å². The molecule has 1 unspecified atom stereocenters. The Morgan fingerprint density at radius 1 is 1.12 bits per heavy atom. The van der Waals surface area contributed by atoms with Gasteiger partial charge in [0.1, 0.15) is 6.04 Å². The number of amides is 1. The smallest absolute Gasteiger partial charge is 0.248 e. The Labute approximate surface area is 142 Å². The SMILES string of the molecule is O=C1Nc2ccccc2N2CCN(CCCc3ccncc3)CC12. The Kier molecular flexibility index (Phi) is 4.17. The molecule has 1 amide bonds.